The minimum absolute atomic E-state index is 0.158. The van der Waals surface area contributed by atoms with Crippen LogP contribution in [0.2, 0.25) is 0 Å². The molecule has 0 saturated carbocycles. The highest BCUT2D eigenvalue weighted by atomic mass is 16.5. The van der Waals surface area contributed by atoms with Crippen LogP contribution in [-0.2, 0) is 16.0 Å². The molecular weight excluding hydrogens is 322 g/mol. The molecule has 0 atom stereocenters. The number of benzene rings is 1. The van der Waals surface area contributed by atoms with Gasteiger partial charge in [-0.2, -0.15) is 0 Å². The number of hydrogen-bond acceptors (Lipinski definition) is 6. The third kappa shape index (κ3) is 5.34. The Hall–Kier alpha value is -2.83. The number of nitrogens with one attached hydrogen (secondary N) is 2. The number of esters is 1. The third-order valence-electron chi connectivity index (χ3n) is 3.53. The number of aromatic amines is 1. The van der Waals surface area contributed by atoms with Crippen LogP contribution in [0.5, 0.6) is 5.75 Å². The van der Waals surface area contributed by atoms with E-state index in [1.165, 1.54) is 0 Å². The summed E-state index contributed by atoms with van der Waals surface area (Å²) in [5.74, 6) is 0.810. The molecule has 1 aromatic heterocycles. The highest BCUT2D eigenvalue weighted by molar-refractivity contribution is 5.69. The third-order valence-corrected chi connectivity index (χ3v) is 3.53. The number of carbonyl (C=O) groups excluding carboxylic acids is 1. The van der Waals surface area contributed by atoms with Gasteiger partial charge < -0.3 is 14.8 Å². The number of nitrogens with zero attached hydrogens (tertiary/aromatic N) is 1. The van der Waals surface area contributed by atoms with Crippen molar-refractivity contribution in [2.75, 3.05) is 18.5 Å². The van der Waals surface area contributed by atoms with E-state index in [0.29, 0.717) is 36.8 Å². The number of hydrogen-bond donors (Lipinski definition) is 2. The number of rotatable bonds is 8. The fourth-order valence-corrected chi connectivity index (χ4v) is 2.36. The molecule has 2 aromatic rings. The van der Waals surface area contributed by atoms with Crippen molar-refractivity contribution in [3.63, 3.8) is 0 Å². The zero-order valence-electron chi connectivity index (χ0n) is 14.7. The molecule has 0 bridgehead atoms. The monoisotopic (exact) mass is 345 g/mol. The van der Waals surface area contributed by atoms with Gasteiger partial charge in [0.15, 0.2) is 0 Å². The number of anilines is 2. The lowest BCUT2D eigenvalue weighted by Crippen LogP contribution is -2.19. The van der Waals surface area contributed by atoms with E-state index in [4.69, 9.17) is 9.47 Å². The zero-order chi connectivity index (χ0) is 18.2. The van der Waals surface area contributed by atoms with Gasteiger partial charge in [-0.3, -0.25) is 14.6 Å². The number of aromatic nitrogens is 2. The maximum atomic E-state index is 12.3. The van der Waals surface area contributed by atoms with Crippen molar-refractivity contribution in [2.24, 2.45) is 0 Å². The van der Waals surface area contributed by atoms with E-state index in [1.807, 2.05) is 31.2 Å². The van der Waals surface area contributed by atoms with Crippen molar-refractivity contribution in [2.45, 2.75) is 33.6 Å². The van der Waals surface area contributed by atoms with Crippen molar-refractivity contribution < 1.29 is 14.3 Å². The van der Waals surface area contributed by atoms with E-state index < -0.39 is 0 Å². The lowest BCUT2D eigenvalue weighted by molar-refractivity contribution is -0.143. The van der Waals surface area contributed by atoms with Crippen molar-refractivity contribution in [3.05, 3.63) is 45.9 Å². The van der Waals surface area contributed by atoms with Crippen LogP contribution in [0.4, 0.5) is 11.6 Å². The molecule has 0 amide bonds. The van der Waals surface area contributed by atoms with Crippen molar-refractivity contribution >= 4 is 17.6 Å². The first kappa shape index (κ1) is 18.5. The summed E-state index contributed by atoms with van der Waals surface area (Å²) >= 11 is 0. The quantitative estimate of drug-likeness (QED) is 0.715. The summed E-state index contributed by atoms with van der Waals surface area (Å²) in [6, 6.07) is 7.36. The molecule has 2 rings (SSSR count). The molecule has 0 fully saturated rings. The highest BCUT2D eigenvalue weighted by Crippen LogP contribution is 2.18. The Kier molecular flexibility index (Phi) is 6.56. The summed E-state index contributed by atoms with van der Waals surface area (Å²) in [6.45, 7) is 6.36. The Labute approximate surface area is 146 Å². The SMILES string of the molecule is CCOC(=O)CCc1c(C)nc(Nc2ccc(OCC)cc2)[nH]c1=O. The molecule has 7 nitrogen and oxygen atoms in total. The summed E-state index contributed by atoms with van der Waals surface area (Å²) in [4.78, 5) is 30.8. The van der Waals surface area contributed by atoms with Crippen LogP contribution < -0.4 is 15.6 Å². The largest absolute Gasteiger partial charge is 0.494 e. The smallest absolute Gasteiger partial charge is 0.306 e. The number of aryl methyl sites for hydroxylation is 1. The molecule has 134 valence electrons. The van der Waals surface area contributed by atoms with Gasteiger partial charge in [0.2, 0.25) is 5.95 Å². The Morgan fingerprint density at radius 2 is 1.92 bits per heavy atom. The first-order valence-corrected chi connectivity index (χ1v) is 8.28. The summed E-state index contributed by atoms with van der Waals surface area (Å²) in [5.41, 5.74) is 1.60. The standard InChI is InChI=1S/C18H23N3O4/c1-4-24-14-8-6-13(7-9-14)20-18-19-12(3)15(17(23)21-18)10-11-16(22)25-5-2/h6-9H,4-5,10-11H2,1-3H3,(H2,19,20,21,23). The molecule has 0 unspecified atom stereocenters. The van der Waals surface area contributed by atoms with E-state index >= 15 is 0 Å². The van der Waals surface area contributed by atoms with Crippen LogP contribution >= 0.6 is 0 Å². The average molecular weight is 345 g/mol. The second-order valence-electron chi connectivity index (χ2n) is 5.37. The summed E-state index contributed by atoms with van der Waals surface area (Å²) in [7, 11) is 0. The van der Waals surface area contributed by atoms with E-state index in [-0.39, 0.29) is 17.9 Å². The topological polar surface area (TPSA) is 93.3 Å². The molecule has 0 aliphatic rings. The Balaban J connectivity index is 2.08. The van der Waals surface area contributed by atoms with Crippen LogP contribution in [0.15, 0.2) is 29.1 Å². The second kappa shape index (κ2) is 8.86. The van der Waals surface area contributed by atoms with Crippen molar-refractivity contribution in [1.82, 2.24) is 9.97 Å². The van der Waals surface area contributed by atoms with Crippen LogP contribution in [0.3, 0.4) is 0 Å². The Morgan fingerprint density at radius 1 is 1.20 bits per heavy atom. The van der Waals surface area contributed by atoms with Crippen LogP contribution in [0, 0.1) is 6.92 Å². The first-order chi connectivity index (χ1) is 12.0. The summed E-state index contributed by atoms with van der Waals surface area (Å²) in [5, 5.41) is 3.05. The molecule has 25 heavy (non-hydrogen) atoms. The Morgan fingerprint density at radius 3 is 2.52 bits per heavy atom. The molecule has 0 spiro atoms. The molecule has 0 aliphatic heterocycles. The molecule has 0 radical (unpaired) electrons. The van der Waals surface area contributed by atoms with Crippen LogP contribution in [0.1, 0.15) is 31.5 Å². The molecule has 0 saturated heterocycles. The molecule has 0 aliphatic carbocycles. The number of carbonyl (C=O) groups is 1. The van der Waals surface area contributed by atoms with Gasteiger partial charge in [-0.05, 0) is 51.5 Å². The van der Waals surface area contributed by atoms with Gasteiger partial charge in [0.25, 0.3) is 5.56 Å². The summed E-state index contributed by atoms with van der Waals surface area (Å²) in [6.07, 6.45) is 0.460. The van der Waals surface area contributed by atoms with Crippen LogP contribution in [-0.4, -0.2) is 29.2 Å². The minimum Gasteiger partial charge on any atom is -0.494 e. The number of H-pyrrole nitrogens is 1. The molecule has 2 N–H and O–H groups in total. The maximum Gasteiger partial charge on any atom is 0.306 e. The molecule has 1 aromatic carbocycles. The van der Waals surface area contributed by atoms with E-state index in [9.17, 15) is 9.59 Å². The number of ether oxygens (including phenoxy) is 2. The van der Waals surface area contributed by atoms with Crippen molar-refractivity contribution in [1.29, 1.82) is 0 Å². The highest BCUT2D eigenvalue weighted by Gasteiger charge is 2.11. The summed E-state index contributed by atoms with van der Waals surface area (Å²) < 4.78 is 10.3. The van der Waals surface area contributed by atoms with Gasteiger partial charge in [-0.25, -0.2) is 4.98 Å². The predicted molar refractivity (Wildman–Crippen MR) is 95.4 cm³/mol. The maximum absolute atomic E-state index is 12.3. The molecule has 7 heteroatoms. The molecule has 1 heterocycles. The van der Waals surface area contributed by atoms with E-state index in [0.717, 1.165) is 11.4 Å². The van der Waals surface area contributed by atoms with Crippen LogP contribution in [0.25, 0.3) is 0 Å². The van der Waals surface area contributed by atoms with Gasteiger partial charge >= 0.3 is 5.97 Å². The Bertz CT molecular complexity index is 769. The lowest BCUT2D eigenvalue weighted by atomic mass is 10.1. The fraction of sp³-hybridized carbons (Fsp3) is 0.389. The van der Waals surface area contributed by atoms with Crippen molar-refractivity contribution in [3.8, 4) is 5.75 Å². The van der Waals surface area contributed by atoms with Gasteiger partial charge in [0.1, 0.15) is 5.75 Å². The van der Waals surface area contributed by atoms with Gasteiger partial charge in [0.05, 0.1) is 13.2 Å². The average Bonchev–Trinajstić information content (AvgIpc) is 2.56. The zero-order valence-corrected chi connectivity index (χ0v) is 14.7. The van der Waals surface area contributed by atoms with E-state index in [1.54, 1.807) is 13.8 Å². The van der Waals surface area contributed by atoms with E-state index in [2.05, 4.69) is 15.3 Å². The molecular formula is C18H23N3O4. The lowest BCUT2D eigenvalue weighted by Gasteiger charge is -2.10. The predicted octanol–water partition coefficient (Wildman–Crippen LogP) is 2.72. The minimum atomic E-state index is -0.321. The van der Waals surface area contributed by atoms with Gasteiger partial charge in [0, 0.05) is 23.4 Å². The fourth-order valence-electron chi connectivity index (χ4n) is 2.36. The van der Waals surface area contributed by atoms with Gasteiger partial charge in [-0.15, -0.1) is 0 Å². The first-order valence-electron chi connectivity index (χ1n) is 8.28. The normalized spacial score (nSPS) is 10.4. The van der Waals surface area contributed by atoms with Gasteiger partial charge in [-0.1, -0.05) is 0 Å². The second-order valence-corrected chi connectivity index (χ2v) is 5.37.